The number of para-hydroxylation sites is 1. The first kappa shape index (κ1) is 24.3. The number of nitrogens with one attached hydrogen (secondary N) is 1. The van der Waals surface area contributed by atoms with E-state index in [4.69, 9.17) is 4.74 Å². The van der Waals surface area contributed by atoms with Crippen LogP contribution in [-0.4, -0.2) is 31.8 Å². The van der Waals surface area contributed by atoms with Gasteiger partial charge < -0.3 is 14.6 Å². The van der Waals surface area contributed by atoms with Crippen LogP contribution < -0.4 is 10.1 Å². The second kappa shape index (κ2) is 9.80. The van der Waals surface area contributed by atoms with Gasteiger partial charge in [0.1, 0.15) is 5.75 Å². The Morgan fingerprint density at radius 1 is 0.943 bits per heavy atom. The van der Waals surface area contributed by atoms with Crippen molar-refractivity contribution in [2.45, 2.75) is 25.7 Å². The molecule has 7 heteroatoms. The quantitative estimate of drug-likeness (QED) is 0.356. The van der Waals surface area contributed by atoms with Gasteiger partial charge in [0, 0.05) is 28.9 Å². The van der Waals surface area contributed by atoms with Crippen LogP contribution in [0.2, 0.25) is 0 Å². The highest BCUT2D eigenvalue weighted by Gasteiger charge is 2.19. The molecule has 3 aromatic carbocycles. The van der Waals surface area contributed by atoms with Crippen LogP contribution >= 0.6 is 0 Å². The van der Waals surface area contributed by atoms with Crippen molar-refractivity contribution in [2.24, 2.45) is 0 Å². The molecule has 0 spiro atoms. The van der Waals surface area contributed by atoms with Gasteiger partial charge in [-0.2, -0.15) is 0 Å². The van der Waals surface area contributed by atoms with Crippen molar-refractivity contribution in [1.82, 2.24) is 4.57 Å². The third kappa shape index (κ3) is 5.15. The Bertz CT molecular complexity index is 1490. The lowest BCUT2D eigenvalue weighted by atomic mass is 10.0. The van der Waals surface area contributed by atoms with Crippen LogP contribution in [-0.2, 0) is 9.84 Å². The van der Waals surface area contributed by atoms with Crippen molar-refractivity contribution in [2.75, 3.05) is 18.2 Å². The number of amides is 1. The van der Waals surface area contributed by atoms with E-state index in [2.05, 4.69) is 16.0 Å². The van der Waals surface area contributed by atoms with Gasteiger partial charge in [0.2, 0.25) is 0 Å². The molecule has 0 saturated heterocycles. The summed E-state index contributed by atoms with van der Waals surface area (Å²) in [5.41, 5.74) is 5.82. The summed E-state index contributed by atoms with van der Waals surface area (Å²) in [7, 11) is -3.30. The minimum Gasteiger partial charge on any atom is -0.494 e. The molecule has 0 radical (unpaired) electrons. The number of nitrogens with zero attached hydrogens (tertiary/aromatic N) is 1. The molecule has 4 aromatic rings. The molecule has 1 N–H and O–H groups in total. The molecule has 6 nitrogen and oxygen atoms in total. The Kier molecular flexibility index (Phi) is 6.80. The molecule has 0 saturated carbocycles. The first-order valence-corrected chi connectivity index (χ1v) is 13.2. The van der Waals surface area contributed by atoms with E-state index in [-0.39, 0.29) is 10.8 Å². The van der Waals surface area contributed by atoms with Crippen molar-refractivity contribution >= 4 is 21.4 Å². The molecule has 0 bridgehead atoms. The number of ether oxygens (including phenoxy) is 1. The molecule has 1 heterocycles. The third-order valence-corrected chi connectivity index (χ3v) is 6.95. The van der Waals surface area contributed by atoms with E-state index in [9.17, 15) is 13.2 Å². The molecule has 1 amide bonds. The third-order valence-electron chi connectivity index (χ3n) is 5.82. The molecule has 4 rings (SSSR count). The minimum atomic E-state index is -3.30. The molecule has 0 atom stereocenters. The zero-order valence-electron chi connectivity index (χ0n) is 20.2. The maximum absolute atomic E-state index is 13.1. The van der Waals surface area contributed by atoms with Crippen molar-refractivity contribution in [3.05, 3.63) is 95.8 Å². The summed E-state index contributed by atoms with van der Waals surface area (Å²) in [6.45, 7) is 6.44. The predicted octanol–water partition coefficient (Wildman–Crippen LogP) is 5.82. The van der Waals surface area contributed by atoms with E-state index in [1.54, 1.807) is 12.1 Å². The van der Waals surface area contributed by atoms with E-state index < -0.39 is 9.84 Å². The maximum Gasteiger partial charge on any atom is 0.257 e. The number of rotatable bonds is 7. The van der Waals surface area contributed by atoms with Gasteiger partial charge in [0.05, 0.1) is 22.8 Å². The number of anilines is 1. The fourth-order valence-corrected chi connectivity index (χ4v) is 4.81. The minimum absolute atomic E-state index is 0.207. The summed E-state index contributed by atoms with van der Waals surface area (Å²) in [6, 6.07) is 24.1. The molecule has 1 aromatic heterocycles. The van der Waals surface area contributed by atoms with Crippen LogP contribution in [0, 0.1) is 13.8 Å². The van der Waals surface area contributed by atoms with Crippen molar-refractivity contribution in [3.63, 3.8) is 0 Å². The fourth-order valence-electron chi connectivity index (χ4n) is 4.18. The van der Waals surface area contributed by atoms with Crippen LogP contribution in [0.3, 0.4) is 0 Å². The van der Waals surface area contributed by atoms with Crippen LogP contribution in [0.5, 0.6) is 5.75 Å². The average Bonchev–Trinajstić information content (AvgIpc) is 3.13. The molecule has 0 aliphatic heterocycles. The number of benzene rings is 3. The van der Waals surface area contributed by atoms with Crippen LogP contribution in [0.1, 0.15) is 28.7 Å². The summed E-state index contributed by atoms with van der Waals surface area (Å²) in [5.74, 6) is 0.551. The first-order valence-electron chi connectivity index (χ1n) is 11.3. The molecule has 0 aliphatic carbocycles. The number of sulfone groups is 1. The van der Waals surface area contributed by atoms with Gasteiger partial charge >= 0.3 is 0 Å². The Morgan fingerprint density at radius 2 is 1.66 bits per heavy atom. The van der Waals surface area contributed by atoms with E-state index in [0.717, 1.165) is 40.2 Å². The highest BCUT2D eigenvalue weighted by Crippen LogP contribution is 2.32. The van der Waals surface area contributed by atoms with Gasteiger partial charge in [-0.1, -0.05) is 30.3 Å². The molecule has 0 aliphatic rings. The Balaban J connectivity index is 1.68. The summed E-state index contributed by atoms with van der Waals surface area (Å²) in [4.78, 5) is 13.3. The summed E-state index contributed by atoms with van der Waals surface area (Å²) in [6.07, 6.45) is 1.15. The Hall–Kier alpha value is -3.84. The molecular formula is C28H28N2O4S. The first-order chi connectivity index (χ1) is 16.7. The number of aryl methyl sites for hydroxylation is 1. The Morgan fingerprint density at radius 3 is 2.34 bits per heavy atom. The van der Waals surface area contributed by atoms with Crippen molar-refractivity contribution in [3.8, 4) is 22.6 Å². The fraction of sp³-hybridized carbons (Fsp3) is 0.179. The maximum atomic E-state index is 13.1. The lowest BCUT2D eigenvalue weighted by Crippen LogP contribution is -2.13. The van der Waals surface area contributed by atoms with Crippen LogP contribution in [0.15, 0.2) is 83.8 Å². The molecule has 0 fully saturated rings. The molecule has 0 unspecified atom stereocenters. The van der Waals surface area contributed by atoms with E-state index in [1.165, 1.54) is 12.1 Å². The summed E-state index contributed by atoms with van der Waals surface area (Å²) < 4.78 is 31.1. The van der Waals surface area contributed by atoms with Gasteiger partial charge in [-0.25, -0.2) is 8.42 Å². The number of carbonyl (C=O) groups is 1. The van der Waals surface area contributed by atoms with E-state index in [0.29, 0.717) is 17.9 Å². The molecule has 180 valence electrons. The van der Waals surface area contributed by atoms with Crippen LogP contribution in [0.25, 0.3) is 16.8 Å². The standard InChI is InChI=1S/C28H28N2O4S/c1-5-34-23-10-8-9-21(18-23)25-11-6-7-12-27(25)30-19(2)17-26(20(30)3)28(31)29-22-13-15-24(16-14-22)35(4,32)33/h6-18H,5H2,1-4H3,(H,29,31). The van der Waals surface area contributed by atoms with Gasteiger partial charge in [-0.15, -0.1) is 0 Å². The average molecular weight is 489 g/mol. The smallest absolute Gasteiger partial charge is 0.257 e. The second-order valence-electron chi connectivity index (χ2n) is 8.35. The van der Waals surface area contributed by atoms with Gasteiger partial charge in [-0.05, 0) is 74.9 Å². The summed E-state index contributed by atoms with van der Waals surface area (Å²) in [5, 5.41) is 2.87. The normalized spacial score (nSPS) is 11.3. The number of carbonyl (C=O) groups excluding carboxylic acids is 1. The Labute approximate surface area is 206 Å². The number of hydrogen-bond acceptors (Lipinski definition) is 4. The SMILES string of the molecule is CCOc1cccc(-c2ccccc2-n2c(C)cc(C(=O)Nc3ccc(S(C)(=O)=O)cc3)c2C)c1. The second-order valence-corrected chi connectivity index (χ2v) is 10.4. The lowest BCUT2D eigenvalue weighted by molar-refractivity contribution is 0.102. The largest absolute Gasteiger partial charge is 0.494 e. The highest BCUT2D eigenvalue weighted by molar-refractivity contribution is 7.90. The van der Waals surface area contributed by atoms with Gasteiger partial charge in [-0.3, -0.25) is 4.79 Å². The van der Waals surface area contributed by atoms with Crippen molar-refractivity contribution in [1.29, 1.82) is 0 Å². The number of hydrogen-bond donors (Lipinski definition) is 1. The van der Waals surface area contributed by atoms with E-state index >= 15 is 0 Å². The van der Waals surface area contributed by atoms with Gasteiger partial charge in [0.25, 0.3) is 5.91 Å². The number of aromatic nitrogens is 1. The highest BCUT2D eigenvalue weighted by atomic mass is 32.2. The van der Waals surface area contributed by atoms with Gasteiger partial charge in [0.15, 0.2) is 9.84 Å². The van der Waals surface area contributed by atoms with Crippen LogP contribution in [0.4, 0.5) is 5.69 Å². The topological polar surface area (TPSA) is 77.4 Å². The zero-order valence-corrected chi connectivity index (χ0v) is 21.0. The lowest BCUT2D eigenvalue weighted by Gasteiger charge is -2.16. The zero-order chi connectivity index (χ0) is 25.2. The molecule has 35 heavy (non-hydrogen) atoms. The monoisotopic (exact) mass is 488 g/mol. The van der Waals surface area contributed by atoms with Crippen molar-refractivity contribution < 1.29 is 17.9 Å². The summed E-state index contributed by atoms with van der Waals surface area (Å²) >= 11 is 0. The predicted molar refractivity (Wildman–Crippen MR) is 139 cm³/mol. The molecular weight excluding hydrogens is 460 g/mol. The van der Waals surface area contributed by atoms with E-state index in [1.807, 2.05) is 69.3 Å².